The molecule has 0 fully saturated rings. The van der Waals surface area contributed by atoms with Gasteiger partial charge in [-0.05, 0) is 30.3 Å². The number of nitrogens with zero attached hydrogens (tertiary/aromatic N) is 3. The Kier molecular flexibility index (Phi) is 5.44. The average molecular weight is 359 g/mol. The van der Waals surface area contributed by atoms with Gasteiger partial charge in [-0.15, -0.1) is 0 Å². The molecule has 3 rings (SSSR count). The number of phenols is 1. The molecule has 0 atom stereocenters. The lowest BCUT2D eigenvalue weighted by Gasteiger charge is -2.14. The Morgan fingerprint density at radius 2 is 2.04 bits per heavy atom. The Morgan fingerprint density at radius 1 is 1.20 bits per heavy atom. The minimum Gasteiger partial charge on any atom is -0.507 e. The Morgan fingerprint density at radius 3 is 2.80 bits per heavy atom. The van der Waals surface area contributed by atoms with E-state index >= 15 is 0 Å². The van der Waals surface area contributed by atoms with E-state index in [1.807, 2.05) is 24.3 Å². The molecule has 8 heteroatoms. The number of thiazole rings is 1. The molecule has 0 unspecified atom stereocenters. The predicted octanol–water partition coefficient (Wildman–Crippen LogP) is 2.16. The Bertz CT molecular complexity index is 848. The molecule has 0 spiro atoms. The van der Waals surface area contributed by atoms with Crippen molar-refractivity contribution in [3.63, 3.8) is 0 Å². The van der Waals surface area contributed by atoms with Gasteiger partial charge in [0.2, 0.25) is 5.13 Å². The van der Waals surface area contributed by atoms with Crippen LogP contribution in [-0.2, 0) is 0 Å². The smallest absolute Gasteiger partial charge is 0.207 e. The molecule has 7 nitrogen and oxygen atoms in total. The number of aromatic hydroxyl groups is 1. The Labute approximate surface area is 148 Å². The molecular weight excluding hydrogens is 342 g/mol. The molecule has 1 heterocycles. The Hall–Kier alpha value is -2.68. The highest BCUT2D eigenvalue weighted by Gasteiger charge is 2.11. The SMILES string of the molecule is OCCN(/N=C/c1cc(OCO)ccc1O)c1nc2ccccc2s1. The summed E-state index contributed by atoms with van der Waals surface area (Å²) in [6, 6.07) is 12.3. The number of hydrazone groups is 1. The quantitative estimate of drug-likeness (QED) is 0.340. The van der Waals surface area contributed by atoms with Crippen molar-refractivity contribution in [1.29, 1.82) is 0 Å². The third kappa shape index (κ3) is 4.05. The summed E-state index contributed by atoms with van der Waals surface area (Å²) >= 11 is 1.47. The van der Waals surface area contributed by atoms with E-state index in [4.69, 9.17) is 9.84 Å². The van der Waals surface area contributed by atoms with E-state index < -0.39 is 6.79 Å². The van der Waals surface area contributed by atoms with Crippen molar-refractivity contribution in [1.82, 2.24) is 4.98 Å². The second-order valence-corrected chi connectivity index (χ2v) is 6.06. The highest BCUT2D eigenvalue weighted by Crippen LogP contribution is 2.29. The molecule has 2 aromatic carbocycles. The van der Waals surface area contributed by atoms with Crippen LogP contribution in [0, 0.1) is 0 Å². The van der Waals surface area contributed by atoms with Crippen LogP contribution >= 0.6 is 11.3 Å². The number of ether oxygens (including phenoxy) is 1. The third-order valence-corrected chi connectivity index (χ3v) is 4.43. The fourth-order valence-electron chi connectivity index (χ4n) is 2.20. The molecule has 0 aliphatic carbocycles. The summed E-state index contributed by atoms with van der Waals surface area (Å²) in [6.45, 7) is -0.277. The maximum absolute atomic E-state index is 9.94. The summed E-state index contributed by atoms with van der Waals surface area (Å²) < 4.78 is 6.02. The normalized spacial score (nSPS) is 11.3. The minimum atomic E-state index is -0.455. The van der Waals surface area contributed by atoms with Crippen LogP contribution in [0.25, 0.3) is 10.2 Å². The predicted molar refractivity (Wildman–Crippen MR) is 97.5 cm³/mol. The molecule has 1 aromatic heterocycles. The minimum absolute atomic E-state index is 0.0299. The first-order valence-electron chi connectivity index (χ1n) is 7.56. The van der Waals surface area contributed by atoms with Gasteiger partial charge in [-0.1, -0.05) is 23.5 Å². The third-order valence-electron chi connectivity index (χ3n) is 3.38. The van der Waals surface area contributed by atoms with Crippen molar-refractivity contribution in [2.45, 2.75) is 0 Å². The number of para-hydroxylation sites is 1. The van der Waals surface area contributed by atoms with Gasteiger partial charge in [-0.2, -0.15) is 5.10 Å². The highest BCUT2D eigenvalue weighted by atomic mass is 32.1. The summed E-state index contributed by atoms with van der Waals surface area (Å²) in [6.07, 6.45) is 1.46. The van der Waals surface area contributed by atoms with Crippen molar-refractivity contribution in [2.75, 3.05) is 25.0 Å². The largest absolute Gasteiger partial charge is 0.507 e. The van der Waals surface area contributed by atoms with Gasteiger partial charge in [0.05, 0.1) is 29.6 Å². The number of aliphatic hydroxyl groups excluding tert-OH is 2. The van der Waals surface area contributed by atoms with Crippen LogP contribution in [0.2, 0.25) is 0 Å². The van der Waals surface area contributed by atoms with E-state index in [2.05, 4.69) is 10.1 Å². The lowest BCUT2D eigenvalue weighted by Crippen LogP contribution is -2.20. The van der Waals surface area contributed by atoms with Gasteiger partial charge in [0.1, 0.15) is 11.5 Å². The molecule has 3 N–H and O–H groups in total. The topological polar surface area (TPSA) is 98.4 Å². The summed E-state index contributed by atoms with van der Waals surface area (Å²) in [5.41, 5.74) is 1.29. The number of phenolic OH excluding ortho intramolecular Hbond substituents is 1. The van der Waals surface area contributed by atoms with E-state index in [9.17, 15) is 10.2 Å². The first-order chi connectivity index (χ1) is 12.2. The van der Waals surface area contributed by atoms with Crippen molar-refractivity contribution < 1.29 is 20.1 Å². The van der Waals surface area contributed by atoms with E-state index in [0.29, 0.717) is 16.4 Å². The summed E-state index contributed by atoms with van der Waals surface area (Å²) in [5, 5.41) is 34.6. The maximum atomic E-state index is 9.94. The number of anilines is 1. The number of hydrogen-bond acceptors (Lipinski definition) is 8. The molecule has 25 heavy (non-hydrogen) atoms. The molecule has 0 saturated heterocycles. The van der Waals surface area contributed by atoms with Crippen molar-refractivity contribution in [2.24, 2.45) is 5.10 Å². The van der Waals surface area contributed by atoms with Gasteiger partial charge >= 0.3 is 0 Å². The first kappa shape index (κ1) is 17.2. The molecule has 0 bridgehead atoms. The van der Waals surface area contributed by atoms with Gasteiger partial charge in [0, 0.05) is 5.56 Å². The van der Waals surface area contributed by atoms with Crippen LogP contribution in [0.1, 0.15) is 5.56 Å². The van der Waals surface area contributed by atoms with E-state index in [-0.39, 0.29) is 18.9 Å². The monoisotopic (exact) mass is 359 g/mol. The number of fused-ring (bicyclic) bond motifs is 1. The lowest BCUT2D eigenvalue weighted by atomic mass is 10.2. The standard InChI is InChI=1S/C17H17N3O4S/c21-8-7-20(17-19-14-3-1-2-4-16(14)25-17)18-10-12-9-13(24-11-22)5-6-15(12)23/h1-6,9-10,21-23H,7-8,11H2/b18-10+. The molecule has 0 amide bonds. The molecule has 3 aromatic rings. The summed E-state index contributed by atoms with van der Waals surface area (Å²) in [4.78, 5) is 4.51. The molecule has 0 aliphatic rings. The number of rotatable bonds is 7. The molecule has 130 valence electrons. The van der Waals surface area contributed by atoms with Gasteiger partial charge < -0.3 is 20.1 Å². The first-order valence-corrected chi connectivity index (χ1v) is 8.37. The number of benzene rings is 2. The van der Waals surface area contributed by atoms with Gasteiger partial charge in [0.15, 0.2) is 6.79 Å². The maximum Gasteiger partial charge on any atom is 0.207 e. The van der Waals surface area contributed by atoms with Gasteiger partial charge in [0.25, 0.3) is 0 Å². The highest BCUT2D eigenvalue weighted by molar-refractivity contribution is 7.22. The van der Waals surface area contributed by atoms with E-state index in [1.165, 1.54) is 23.6 Å². The van der Waals surface area contributed by atoms with Crippen molar-refractivity contribution in [3.05, 3.63) is 48.0 Å². The average Bonchev–Trinajstić information content (AvgIpc) is 3.05. The second kappa shape index (κ2) is 7.93. The molecular formula is C17H17N3O4S. The van der Waals surface area contributed by atoms with Crippen molar-refractivity contribution in [3.8, 4) is 11.5 Å². The zero-order valence-corrected chi connectivity index (χ0v) is 14.1. The molecule has 0 radical (unpaired) electrons. The summed E-state index contributed by atoms with van der Waals surface area (Å²) in [5.74, 6) is 0.442. The van der Waals surface area contributed by atoms with Gasteiger partial charge in [-0.25, -0.2) is 9.99 Å². The van der Waals surface area contributed by atoms with Crippen LogP contribution in [0.15, 0.2) is 47.6 Å². The number of aliphatic hydroxyl groups is 2. The van der Waals surface area contributed by atoms with Crippen LogP contribution in [0.5, 0.6) is 11.5 Å². The van der Waals surface area contributed by atoms with Crippen LogP contribution < -0.4 is 9.75 Å². The fourth-order valence-corrected chi connectivity index (χ4v) is 3.15. The van der Waals surface area contributed by atoms with E-state index in [0.717, 1.165) is 10.2 Å². The Balaban J connectivity index is 1.88. The second-order valence-electron chi connectivity index (χ2n) is 5.05. The summed E-state index contributed by atoms with van der Waals surface area (Å²) in [7, 11) is 0. The zero-order chi connectivity index (χ0) is 17.6. The van der Waals surface area contributed by atoms with Crippen LogP contribution in [0.3, 0.4) is 0 Å². The van der Waals surface area contributed by atoms with Crippen LogP contribution in [0.4, 0.5) is 5.13 Å². The van der Waals surface area contributed by atoms with E-state index in [1.54, 1.807) is 17.1 Å². The number of hydrogen-bond donors (Lipinski definition) is 3. The zero-order valence-electron chi connectivity index (χ0n) is 13.2. The number of aromatic nitrogens is 1. The lowest BCUT2D eigenvalue weighted by molar-refractivity contribution is 0.0985. The van der Waals surface area contributed by atoms with Crippen molar-refractivity contribution >= 4 is 32.9 Å². The molecule has 0 saturated carbocycles. The van der Waals surface area contributed by atoms with Crippen LogP contribution in [-0.4, -0.2) is 46.5 Å². The molecule has 0 aliphatic heterocycles. The van der Waals surface area contributed by atoms with Gasteiger partial charge in [-0.3, -0.25) is 0 Å². The fraction of sp³-hybridized carbons (Fsp3) is 0.176.